The van der Waals surface area contributed by atoms with E-state index in [1.165, 1.54) is 24.5 Å². The summed E-state index contributed by atoms with van der Waals surface area (Å²) in [5.74, 6) is -1.45. The Bertz CT molecular complexity index is 765. The number of halogens is 1. The second-order valence-corrected chi connectivity index (χ2v) is 3.99. The number of hydrogen-bond acceptors (Lipinski definition) is 3. The maximum atomic E-state index is 13.2. The first kappa shape index (κ1) is 11.4. The molecular formula is C14H8FNO3. The second kappa shape index (κ2) is 4.20. The standard InChI is InChI=1S/C14H8FNO3/c15-9-1-2-11-10(7-9)12(14(17)18)13(19-11)8-3-5-16-6-4-8/h1-7H,(H,17,18). The molecule has 2 aromatic heterocycles. The Hall–Kier alpha value is -2.69. The molecular weight excluding hydrogens is 249 g/mol. The van der Waals surface area contributed by atoms with Crippen LogP contribution in [-0.4, -0.2) is 16.1 Å². The lowest BCUT2D eigenvalue weighted by molar-refractivity contribution is 0.0699. The van der Waals surface area contributed by atoms with Crippen molar-refractivity contribution in [3.63, 3.8) is 0 Å². The molecule has 0 saturated carbocycles. The molecule has 1 aromatic carbocycles. The van der Waals surface area contributed by atoms with Gasteiger partial charge in [-0.3, -0.25) is 4.98 Å². The van der Waals surface area contributed by atoms with Gasteiger partial charge >= 0.3 is 5.97 Å². The highest BCUT2D eigenvalue weighted by Gasteiger charge is 2.21. The summed E-state index contributed by atoms with van der Waals surface area (Å²) in [5.41, 5.74) is 0.885. The monoisotopic (exact) mass is 257 g/mol. The van der Waals surface area contributed by atoms with Gasteiger partial charge in [-0.2, -0.15) is 0 Å². The topological polar surface area (TPSA) is 63.3 Å². The fourth-order valence-electron chi connectivity index (χ4n) is 1.99. The van der Waals surface area contributed by atoms with Crippen LogP contribution < -0.4 is 0 Å². The van der Waals surface area contributed by atoms with Gasteiger partial charge in [0.1, 0.15) is 22.7 Å². The normalized spacial score (nSPS) is 10.8. The van der Waals surface area contributed by atoms with E-state index in [-0.39, 0.29) is 16.7 Å². The zero-order chi connectivity index (χ0) is 13.4. The molecule has 0 spiro atoms. The number of rotatable bonds is 2. The van der Waals surface area contributed by atoms with Crippen LogP contribution in [0.5, 0.6) is 0 Å². The van der Waals surface area contributed by atoms with Crippen molar-refractivity contribution < 1.29 is 18.7 Å². The smallest absolute Gasteiger partial charge is 0.340 e. The lowest BCUT2D eigenvalue weighted by Gasteiger charge is -1.97. The first-order chi connectivity index (χ1) is 9.16. The van der Waals surface area contributed by atoms with Gasteiger partial charge in [-0.25, -0.2) is 9.18 Å². The number of carboxylic acid groups (broad SMARTS) is 1. The van der Waals surface area contributed by atoms with E-state index in [9.17, 15) is 14.3 Å². The first-order valence-corrected chi connectivity index (χ1v) is 5.52. The van der Waals surface area contributed by atoms with Crippen LogP contribution in [-0.2, 0) is 0 Å². The predicted octanol–water partition coefficient (Wildman–Crippen LogP) is 3.33. The molecule has 1 N–H and O–H groups in total. The summed E-state index contributed by atoms with van der Waals surface area (Å²) < 4.78 is 18.8. The van der Waals surface area contributed by atoms with Gasteiger partial charge in [0.25, 0.3) is 0 Å². The minimum atomic E-state index is -1.16. The summed E-state index contributed by atoms with van der Waals surface area (Å²) in [6.45, 7) is 0. The highest BCUT2D eigenvalue weighted by molar-refractivity contribution is 6.07. The van der Waals surface area contributed by atoms with E-state index in [1.54, 1.807) is 12.1 Å². The van der Waals surface area contributed by atoms with Gasteiger partial charge in [0, 0.05) is 23.3 Å². The summed E-state index contributed by atoms with van der Waals surface area (Å²) in [6, 6.07) is 7.09. The Labute approximate surface area is 107 Å². The number of furan rings is 1. The van der Waals surface area contributed by atoms with Crippen molar-refractivity contribution in [2.75, 3.05) is 0 Å². The third-order valence-corrected chi connectivity index (χ3v) is 2.81. The summed E-state index contributed by atoms with van der Waals surface area (Å²) >= 11 is 0. The SMILES string of the molecule is O=C(O)c1c(-c2ccncc2)oc2ccc(F)cc12. The Morgan fingerprint density at radius 3 is 2.63 bits per heavy atom. The number of carbonyl (C=O) groups is 1. The van der Waals surface area contributed by atoms with E-state index in [0.717, 1.165) is 6.07 Å². The molecule has 3 aromatic rings. The van der Waals surface area contributed by atoms with Crippen LogP contribution in [0.15, 0.2) is 47.1 Å². The highest BCUT2D eigenvalue weighted by Crippen LogP contribution is 2.33. The molecule has 0 aliphatic carbocycles. The lowest BCUT2D eigenvalue weighted by atomic mass is 10.1. The minimum Gasteiger partial charge on any atom is -0.478 e. The van der Waals surface area contributed by atoms with E-state index in [2.05, 4.69) is 4.98 Å². The van der Waals surface area contributed by atoms with E-state index >= 15 is 0 Å². The second-order valence-electron chi connectivity index (χ2n) is 3.99. The maximum Gasteiger partial charge on any atom is 0.340 e. The van der Waals surface area contributed by atoms with Crippen molar-refractivity contribution in [3.05, 3.63) is 54.1 Å². The van der Waals surface area contributed by atoms with Crippen LogP contribution >= 0.6 is 0 Å². The number of aromatic nitrogens is 1. The van der Waals surface area contributed by atoms with Gasteiger partial charge in [0.2, 0.25) is 0 Å². The number of aromatic carboxylic acids is 1. The van der Waals surface area contributed by atoms with Gasteiger partial charge in [0.15, 0.2) is 0 Å². The third kappa shape index (κ3) is 1.85. The van der Waals surface area contributed by atoms with E-state index < -0.39 is 11.8 Å². The van der Waals surface area contributed by atoms with Crippen molar-refractivity contribution in [2.24, 2.45) is 0 Å². The molecule has 5 heteroatoms. The maximum absolute atomic E-state index is 13.2. The van der Waals surface area contributed by atoms with Gasteiger partial charge in [-0.15, -0.1) is 0 Å². The molecule has 94 valence electrons. The quantitative estimate of drug-likeness (QED) is 0.764. The molecule has 0 aliphatic heterocycles. The molecule has 0 unspecified atom stereocenters. The van der Waals surface area contributed by atoms with Crippen LogP contribution in [0.4, 0.5) is 4.39 Å². The van der Waals surface area contributed by atoms with Crippen LogP contribution in [0.3, 0.4) is 0 Å². The molecule has 0 saturated heterocycles. The molecule has 2 heterocycles. The predicted molar refractivity (Wildman–Crippen MR) is 66.4 cm³/mol. The third-order valence-electron chi connectivity index (χ3n) is 2.81. The molecule has 4 nitrogen and oxygen atoms in total. The highest BCUT2D eigenvalue weighted by atomic mass is 19.1. The number of fused-ring (bicyclic) bond motifs is 1. The number of carboxylic acids is 1. The molecule has 3 rings (SSSR count). The van der Waals surface area contributed by atoms with Crippen molar-refractivity contribution in [2.45, 2.75) is 0 Å². The van der Waals surface area contributed by atoms with Crippen molar-refractivity contribution in [1.29, 1.82) is 0 Å². The molecule has 0 bridgehead atoms. The largest absolute Gasteiger partial charge is 0.478 e. The van der Waals surface area contributed by atoms with Crippen LogP contribution in [0.25, 0.3) is 22.3 Å². The fraction of sp³-hybridized carbons (Fsp3) is 0. The number of pyridine rings is 1. The molecule has 0 radical (unpaired) electrons. The lowest BCUT2D eigenvalue weighted by Crippen LogP contribution is -1.97. The molecule has 0 atom stereocenters. The Morgan fingerprint density at radius 2 is 1.95 bits per heavy atom. The first-order valence-electron chi connectivity index (χ1n) is 5.52. The summed E-state index contributed by atoms with van der Waals surface area (Å²) in [7, 11) is 0. The van der Waals surface area contributed by atoms with Crippen LogP contribution in [0, 0.1) is 5.82 Å². The van der Waals surface area contributed by atoms with Crippen LogP contribution in [0.2, 0.25) is 0 Å². The zero-order valence-corrected chi connectivity index (χ0v) is 9.63. The zero-order valence-electron chi connectivity index (χ0n) is 9.63. The average Bonchev–Trinajstić information content (AvgIpc) is 2.78. The van der Waals surface area contributed by atoms with Gasteiger partial charge in [0.05, 0.1) is 0 Å². The summed E-state index contributed by atoms with van der Waals surface area (Å²) in [5, 5.41) is 9.56. The van der Waals surface area contributed by atoms with E-state index in [1.807, 2.05) is 0 Å². The number of nitrogens with zero attached hydrogens (tertiary/aromatic N) is 1. The Morgan fingerprint density at radius 1 is 1.21 bits per heavy atom. The fourth-order valence-corrected chi connectivity index (χ4v) is 1.99. The molecule has 19 heavy (non-hydrogen) atoms. The van der Waals surface area contributed by atoms with Crippen molar-refractivity contribution in [1.82, 2.24) is 4.98 Å². The number of hydrogen-bond donors (Lipinski definition) is 1. The van der Waals surface area contributed by atoms with Crippen molar-refractivity contribution >= 4 is 16.9 Å². The summed E-state index contributed by atoms with van der Waals surface area (Å²) in [6.07, 6.45) is 3.07. The number of benzene rings is 1. The van der Waals surface area contributed by atoms with Gasteiger partial charge < -0.3 is 9.52 Å². The minimum absolute atomic E-state index is 0.0410. The average molecular weight is 257 g/mol. The van der Waals surface area contributed by atoms with Crippen LogP contribution in [0.1, 0.15) is 10.4 Å². The van der Waals surface area contributed by atoms with Crippen molar-refractivity contribution in [3.8, 4) is 11.3 Å². The summed E-state index contributed by atoms with van der Waals surface area (Å²) in [4.78, 5) is 15.2. The molecule has 0 amide bonds. The molecule has 0 aliphatic rings. The Balaban J connectivity index is 2.36. The van der Waals surface area contributed by atoms with Gasteiger partial charge in [-0.05, 0) is 30.3 Å². The van der Waals surface area contributed by atoms with E-state index in [4.69, 9.17) is 4.42 Å². The van der Waals surface area contributed by atoms with Gasteiger partial charge in [-0.1, -0.05) is 0 Å². The Kier molecular flexibility index (Phi) is 2.52. The van der Waals surface area contributed by atoms with E-state index in [0.29, 0.717) is 11.1 Å². The molecule has 0 fully saturated rings.